The van der Waals surface area contributed by atoms with Crippen LogP contribution in [0.1, 0.15) is 19.2 Å². The van der Waals surface area contributed by atoms with Crippen molar-refractivity contribution < 1.29 is 9.53 Å². The van der Waals surface area contributed by atoms with E-state index in [1.54, 1.807) is 13.0 Å². The first kappa shape index (κ1) is 15.5. The number of amides is 1. The van der Waals surface area contributed by atoms with Crippen LogP contribution in [0.3, 0.4) is 0 Å². The molecule has 1 unspecified atom stereocenters. The highest BCUT2D eigenvalue weighted by Gasteiger charge is 2.30. The molecule has 1 atom stereocenters. The van der Waals surface area contributed by atoms with Crippen molar-refractivity contribution in [1.29, 1.82) is 0 Å². The standard InChI is InChI=1S/C13H22N6O2/c1-3-4-15-13(20)10-8-21-6-5-19(10)12-7-11(18-14)16-9(2)17-12/h7,10H,3-6,8,14H2,1-2H3,(H,15,20)(H,16,17,18). The van der Waals surface area contributed by atoms with Crippen molar-refractivity contribution in [2.24, 2.45) is 5.84 Å². The highest BCUT2D eigenvalue weighted by Crippen LogP contribution is 2.20. The number of carbonyl (C=O) groups excluding carboxylic acids is 1. The first-order chi connectivity index (χ1) is 10.2. The zero-order valence-corrected chi connectivity index (χ0v) is 12.4. The van der Waals surface area contributed by atoms with Crippen LogP contribution >= 0.6 is 0 Å². The van der Waals surface area contributed by atoms with Crippen LogP contribution in [0.4, 0.5) is 11.6 Å². The van der Waals surface area contributed by atoms with Gasteiger partial charge in [-0.2, -0.15) is 0 Å². The van der Waals surface area contributed by atoms with E-state index in [9.17, 15) is 4.79 Å². The summed E-state index contributed by atoms with van der Waals surface area (Å²) in [5.74, 6) is 7.17. The zero-order valence-electron chi connectivity index (χ0n) is 12.4. The molecule has 2 rings (SSSR count). The van der Waals surface area contributed by atoms with Gasteiger partial charge in [0.15, 0.2) is 0 Å². The normalized spacial score (nSPS) is 18.4. The van der Waals surface area contributed by atoms with Gasteiger partial charge >= 0.3 is 0 Å². The summed E-state index contributed by atoms with van der Waals surface area (Å²) in [4.78, 5) is 22.8. The Morgan fingerprint density at radius 3 is 3.10 bits per heavy atom. The quantitative estimate of drug-likeness (QED) is 0.510. The van der Waals surface area contributed by atoms with Crippen LogP contribution in [0.15, 0.2) is 6.07 Å². The lowest BCUT2D eigenvalue weighted by Gasteiger charge is -2.35. The molecule has 1 saturated heterocycles. The highest BCUT2D eigenvalue weighted by molar-refractivity contribution is 5.85. The fraction of sp³-hybridized carbons (Fsp3) is 0.615. The van der Waals surface area contributed by atoms with Gasteiger partial charge in [-0.1, -0.05) is 6.92 Å². The fourth-order valence-electron chi connectivity index (χ4n) is 2.23. The Morgan fingerprint density at radius 1 is 1.57 bits per heavy atom. The predicted molar refractivity (Wildman–Crippen MR) is 79.8 cm³/mol. The number of hydrogen-bond acceptors (Lipinski definition) is 7. The fourth-order valence-corrected chi connectivity index (χ4v) is 2.23. The van der Waals surface area contributed by atoms with E-state index in [0.29, 0.717) is 43.8 Å². The number of anilines is 2. The molecule has 0 aliphatic carbocycles. The molecule has 0 saturated carbocycles. The van der Waals surface area contributed by atoms with E-state index < -0.39 is 0 Å². The van der Waals surface area contributed by atoms with Gasteiger partial charge in [0.2, 0.25) is 5.91 Å². The Kier molecular flexibility index (Phi) is 5.29. The molecular formula is C13H22N6O2. The molecule has 1 aromatic rings. The van der Waals surface area contributed by atoms with E-state index in [0.717, 1.165) is 6.42 Å². The summed E-state index contributed by atoms with van der Waals surface area (Å²) in [7, 11) is 0. The molecule has 1 aliphatic rings. The zero-order chi connectivity index (χ0) is 15.2. The summed E-state index contributed by atoms with van der Waals surface area (Å²) >= 11 is 0. The van der Waals surface area contributed by atoms with Crippen LogP contribution < -0.4 is 21.5 Å². The summed E-state index contributed by atoms with van der Waals surface area (Å²) in [5, 5.41) is 2.90. The molecule has 8 nitrogen and oxygen atoms in total. The Balaban J connectivity index is 2.21. The molecule has 1 amide bonds. The van der Waals surface area contributed by atoms with Crippen molar-refractivity contribution in [2.45, 2.75) is 26.3 Å². The minimum Gasteiger partial charge on any atom is -0.377 e. The number of morpholine rings is 1. The van der Waals surface area contributed by atoms with Crippen molar-refractivity contribution in [1.82, 2.24) is 15.3 Å². The Labute approximate surface area is 124 Å². The number of nitrogens with one attached hydrogen (secondary N) is 2. The molecule has 2 heterocycles. The molecule has 4 N–H and O–H groups in total. The second-order valence-corrected chi connectivity index (χ2v) is 4.88. The van der Waals surface area contributed by atoms with Gasteiger partial charge in [0.05, 0.1) is 13.2 Å². The molecule has 0 bridgehead atoms. The second-order valence-electron chi connectivity index (χ2n) is 4.88. The van der Waals surface area contributed by atoms with Gasteiger partial charge in [-0.3, -0.25) is 4.79 Å². The summed E-state index contributed by atoms with van der Waals surface area (Å²) < 4.78 is 5.44. The smallest absolute Gasteiger partial charge is 0.245 e. The number of rotatable bonds is 5. The number of nitrogens with zero attached hydrogens (tertiary/aromatic N) is 3. The van der Waals surface area contributed by atoms with Crippen LogP contribution in [0, 0.1) is 6.92 Å². The average molecular weight is 294 g/mol. The third-order valence-corrected chi connectivity index (χ3v) is 3.25. The third-order valence-electron chi connectivity index (χ3n) is 3.25. The van der Waals surface area contributed by atoms with E-state index in [4.69, 9.17) is 10.6 Å². The molecule has 0 spiro atoms. The molecule has 0 aromatic carbocycles. The molecule has 1 fully saturated rings. The van der Waals surface area contributed by atoms with E-state index >= 15 is 0 Å². The van der Waals surface area contributed by atoms with Crippen LogP contribution in [0.2, 0.25) is 0 Å². The molecule has 0 radical (unpaired) electrons. The number of hydrazine groups is 1. The monoisotopic (exact) mass is 294 g/mol. The maximum atomic E-state index is 12.3. The maximum Gasteiger partial charge on any atom is 0.245 e. The number of aromatic nitrogens is 2. The SMILES string of the molecule is CCCNC(=O)C1COCCN1c1cc(NN)nc(C)n1. The summed E-state index contributed by atoms with van der Waals surface area (Å²) in [6.45, 7) is 5.97. The van der Waals surface area contributed by atoms with Crippen LogP contribution in [-0.4, -0.2) is 48.2 Å². The van der Waals surface area contributed by atoms with Crippen LogP contribution in [0.5, 0.6) is 0 Å². The predicted octanol–water partition coefficient (Wildman–Crippen LogP) is -0.198. The molecular weight excluding hydrogens is 272 g/mol. The average Bonchev–Trinajstić information content (AvgIpc) is 2.51. The highest BCUT2D eigenvalue weighted by atomic mass is 16.5. The number of carbonyl (C=O) groups is 1. The number of aryl methyl sites for hydroxylation is 1. The maximum absolute atomic E-state index is 12.3. The number of nitrogens with two attached hydrogens (primary N) is 1. The van der Waals surface area contributed by atoms with Crippen molar-refractivity contribution in [3.8, 4) is 0 Å². The summed E-state index contributed by atoms with van der Waals surface area (Å²) in [6, 6.07) is 1.35. The van der Waals surface area contributed by atoms with Crippen molar-refractivity contribution in [3.05, 3.63) is 11.9 Å². The largest absolute Gasteiger partial charge is 0.377 e. The number of hydrogen-bond donors (Lipinski definition) is 3. The Bertz CT molecular complexity index is 496. The van der Waals surface area contributed by atoms with Crippen LogP contribution in [-0.2, 0) is 9.53 Å². The lowest BCUT2D eigenvalue weighted by molar-refractivity contribution is -0.124. The van der Waals surface area contributed by atoms with Gasteiger partial charge in [-0.15, -0.1) is 0 Å². The van der Waals surface area contributed by atoms with Crippen molar-refractivity contribution in [2.75, 3.05) is 36.6 Å². The van der Waals surface area contributed by atoms with Gasteiger partial charge in [-0.05, 0) is 13.3 Å². The van der Waals surface area contributed by atoms with Gasteiger partial charge in [0, 0.05) is 19.2 Å². The summed E-state index contributed by atoms with van der Waals surface area (Å²) in [6.07, 6.45) is 0.896. The lowest BCUT2D eigenvalue weighted by atomic mass is 10.2. The Morgan fingerprint density at radius 2 is 2.38 bits per heavy atom. The molecule has 8 heteroatoms. The molecule has 21 heavy (non-hydrogen) atoms. The first-order valence-electron chi connectivity index (χ1n) is 7.10. The minimum atomic E-state index is -0.384. The molecule has 1 aromatic heterocycles. The minimum absolute atomic E-state index is 0.0462. The third kappa shape index (κ3) is 3.79. The van der Waals surface area contributed by atoms with E-state index in [1.807, 2.05) is 11.8 Å². The van der Waals surface area contributed by atoms with Gasteiger partial charge in [-0.25, -0.2) is 15.8 Å². The summed E-state index contributed by atoms with van der Waals surface area (Å²) in [5.41, 5.74) is 2.52. The Hall–Kier alpha value is -1.93. The van der Waals surface area contributed by atoms with Gasteiger partial charge in [0.25, 0.3) is 0 Å². The van der Waals surface area contributed by atoms with Crippen LogP contribution in [0.25, 0.3) is 0 Å². The topological polar surface area (TPSA) is 105 Å². The van der Waals surface area contributed by atoms with Gasteiger partial charge < -0.3 is 20.4 Å². The van der Waals surface area contributed by atoms with E-state index in [-0.39, 0.29) is 11.9 Å². The van der Waals surface area contributed by atoms with E-state index in [2.05, 4.69) is 20.7 Å². The first-order valence-corrected chi connectivity index (χ1v) is 7.10. The number of nitrogen functional groups attached to an aromatic ring is 1. The van der Waals surface area contributed by atoms with Crippen molar-refractivity contribution in [3.63, 3.8) is 0 Å². The lowest BCUT2D eigenvalue weighted by Crippen LogP contribution is -2.54. The molecule has 116 valence electrons. The van der Waals surface area contributed by atoms with Crippen molar-refractivity contribution >= 4 is 17.5 Å². The van der Waals surface area contributed by atoms with Gasteiger partial charge in [0.1, 0.15) is 23.5 Å². The molecule has 1 aliphatic heterocycles. The second kappa shape index (κ2) is 7.19. The number of ether oxygens (including phenoxy) is 1. The van der Waals surface area contributed by atoms with E-state index in [1.165, 1.54) is 0 Å².